The number of nitrogens with zero attached hydrogens (tertiary/aromatic N) is 3. The van der Waals surface area contributed by atoms with Crippen LogP contribution in [0.2, 0.25) is 0 Å². The third-order valence-electron chi connectivity index (χ3n) is 6.04. The van der Waals surface area contributed by atoms with Gasteiger partial charge in [-0.05, 0) is 49.2 Å². The minimum Gasteiger partial charge on any atom is -0.494 e. The van der Waals surface area contributed by atoms with Gasteiger partial charge in [0, 0.05) is 11.3 Å². The van der Waals surface area contributed by atoms with Crippen molar-refractivity contribution in [2.45, 2.75) is 26.4 Å². The lowest BCUT2D eigenvalue weighted by Gasteiger charge is -2.35. The van der Waals surface area contributed by atoms with Crippen LogP contribution in [0.15, 0.2) is 89.1 Å². The van der Waals surface area contributed by atoms with Crippen molar-refractivity contribution in [3.8, 4) is 17.1 Å². The number of hydrogen-bond donors (Lipinski definition) is 1. The van der Waals surface area contributed by atoms with Gasteiger partial charge < -0.3 is 14.6 Å². The first-order valence-electron chi connectivity index (χ1n) is 11.7. The average molecular weight is 485 g/mol. The molecule has 0 saturated carbocycles. The zero-order chi connectivity index (χ0) is 25.1. The molecule has 2 heterocycles. The zero-order valence-corrected chi connectivity index (χ0v) is 19.9. The molecule has 1 aliphatic heterocycles. The molecule has 1 aromatic heterocycles. The van der Waals surface area contributed by atoms with Gasteiger partial charge in [-0.1, -0.05) is 59.8 Å². The fourth-order valence-corrected chi connectivity index (χ4v) is 4.26. The van der Waals surface area contributed by atoms with Crippen molar-refractivity contribution in [2.75, 3.05) is 6.61 Å². The Balaban J connectivity index is 1.54. The number of allylic oxidation sites excluding steroid dienone is 1. The lowest BCUT2D eigenvalue weighted by atomic mass is 9.94. The predicted molar refractivity (Wildman–Crippen MR) is 133 cm³/mol. The van der Waals surface area contributed by atoms with Gasteiger partial charge in [0.1, 0.15) is 11.6 Å². The number of benzene rings is 3. The summed E-state index contributed by atoms with van der Waals surface area (Å²) >= 11 is 0. The number of carbonyl (C=O) groups excluding carboxylic acids is 1. The Morgan fingerprint density at radius 3 is 2.56 bits per heavy atom. The van der Waals surface area contributed by atoms with Crippen molar-refractivity contribution in [1.82, 2.24) is 20.4 Å². The van der Waals surface area contributed by atoms with Crippen LogP contribution in [0.4, 0.5) is 9.18 Å². The van der Waals surface area contributed by atoms with E-state index in [0.717, 1.165) is 16.9 Å². The summed E-state index contributed by atoms with van der Waals surface area (Å²) in [6, 6.07) is 22.5. The minimum atomic E-state index is -0.490. The summed E-state index contributed by atoms with van der Waals surface area (Å²) < 4.78 is 25.0. The van der Waals surface area contributed by atoms with Crippen LogP contribution in [0, 0.1) is 5.82 Å². The molecule has 1 aliphatic rings. The molecule has 36 heavy (non-hydrogen) atoms. The molecule has 5 rings (SSSR count). The SMILES string of the molecule is CCOc1ccc(CN2C(=O)NC(c3ccccc3)C(c3nc(-c4cccc(F)c4)no3)=C2C)cc1. The van der Waals surface area contributed by atoms with E-state index in [0.29, 0.717) is 30.0 Å². The second-order valence-electron chi connectivity index (χ2n) is 8.39. The van der Waals surface area contributed by atoms with Gasteiger partial charge in [-0.3, -0.25) is 4.90 Å². The molecule has 1 atom stereocenters. The minimum absolute atomic E-state index is 0.233. The van der Waals surface area contributed by atoms with Crippen LogP contribution >= 0.6 is 0 Å². The first-order valence-corrected chi connectivity index (χ1v) is 11.7. The van der Waals surface area contributed by atoms with E-state index in [2.05, 4.69) is 15.5 Å². The molecule has 0 saturated heterocycles. The molecule has 0 fully saturated rings. The van der Waals surface area contributed by atoms with E-state index in [1.54, 1.807) is 17.0 Å². The molecule has 4 aromatic rings. The van der Waals surface area contributed by atoms with Crippen LogP contribution < -0.4 is 10.1 Å². The summed E-state index contributed by atoms with van der Waals surface area (Å²) in [4.78, 5) is 19.5. The zero-order valence-electron chi connectivity index (χ0n) is 19.9. The maximum atomic E-state index is 13.8. The average Bonchev–Trinajstić information content (AvgIpc) is 3.38. The van der Waals surface area contributed by atoms with Gasteiger partial charge in [0.25, 0.3) is 5.89 Å². The van der Waals surface area contributed by atoms with Gasteiger partial charge in [-0.2, -0.15) is 4.98 Å². The van der Waals surface area contributed by atoms with Crippen molar-refractivity contribution in [2.24, 2.45) is 0 Å². The first-order chi connectivity index (χ1) is 17.5. The highest BCUT2D eigenvalue weighted by Crippen LogP contribution is 2.38. The normalized spacial score (nSPS) is 15.7. The molecule has 3 aromatic carbocycles. The quantitative estimate of drug-likeness (QED) is 0.349. The van der Waals surface area contributed by atoms with Crippen molar-refractivity contribution in [3.63, 3.8) is 0 Å². The number of urea groups is 1. The summed E-state index contributed by atoms with van der Waals surface area (Å²) in [5.41, 5.74) is 3.70. The van der Waals surface area contributed by atoms with Gasteiger partial charge in [-0.25, -0.2) is 9.18 Å². The molecule has 0 spiro atoms. The fraction of sp³-hybridized carbons (Fsp3) is 0.179. The van der Waals surface area contributed by atoms with Crippen molar-refractivity contribution < 1.29 is 18.4 Å². The van der Waals surface area contributed by atoms with Crippen LogP contribution in [0.1, 0.15) is 36.9 Å². The van der Waals surface area contributed by atoms with Gasteiger partial charge in [0.05, 0.1) is 24.8 Å². The number of nitrogens with one attached hydrogen (secondary N) is 1. The number of rotatable bonds is 7. The van der Waals surface area contributed by atoms with Gasteiger partial charge in [0.2, 0.25) is 5.82 Å². The van der Waals surface area contributed by atoms with Crippen LogP contribution in [0.5, 0.6) is 5.75 Å². The van der Waals surface area contributed by atoms with Crippen LogP contribution in [-0.2, 0) is 6.54 Å². The van der Waals surface area contributed by atoms with Gasteiger partial charge >= 0.3 is 6.03 Å². The second-order valence-corrected chi connectivity index (χ2v) is 8.39. The number of hydrogen-bond acceptors (Lipinski definition) is 5. The molecule has 182 valence electrons. The Morgan fingerprint density at radius 2 is 1.83 bits per heavy atom. The fourth-order valence-electron chi connectivity index (χ4n) is 4.26. The monoisotopic (exact) mass is 484 g/mol. The third kappa shape index (κ3) is 4.70. The maximum absolute atomic E-state index is 13.8. The van der Waals surface area contributed by atoms with Crippen molar-refractivity contribution in [1.29, 1.82) is 0 Å². The van der Waals surface area contributed by atoms with E-state index in [1.165, 1.54) is 12.1 Å². The molecule has 0 aliphatic carbocycles. The lowest BCUT2D eigenvalue weighted by Crippen LogP contribution is -2.45. The standard InChI is InChI=1S/C28H25FN4O3/c1-3-35-23-14-12-19(13-15-23)17-33-18(2)24(25(30-28(33)34)20-8-5-4-6-9-20)27-31-26(32-36-27)21-10-7-11-22(29)16-21/h4-16,25H,3,17H2,1-2H3,(H,30,34). The molecular formula is C28H25FN4O3. The second kappa shape index (κ2) is 10.0. The molecule has 2 amide bonds. The summed E-state index contributed by atoms with van der Waals surface area (Å²) in [6.07, 6.45) is 0. The van der Waals surface area contributed by atoms with E-state index in [1.807, 2.05) is 68.4 Å². The molecule has 8 heteroatoms. The van der Waals surface area contributed by atoms with E-state index in [9.17, 15) is 9.18 Å². The third-order valence-corrected chi connectivity index (χ3v) is 6.04. The van der Waals surface area contributed by atoms with Gasteiger partial charge in [-0.15, -0.1) is 0 Å². The highest BCUT2D eigenvalue weighted by Gasteiger charge is 2.35. The van der Waals surface area contributed by atoms with Crippen molar-refractivity contribution in [3.05, 3.63) is 107 Å². The molecule has 0 radical (unpaired) electrons. The van der Waals surface area contributed by atoms with Gasteiger partial charge in [0.15, 0.2) is 0 Å². The van der Waals surface area contributed by atoms with Crippen molar-refractivity contribution >= 4 is 11.6 Å². The Hall–Kier alpha value is -4.46. The Bertz CT molecular complexity index is 1400. The highest BCUT2D eigenvalue weighted by atomic mass is 19.1. The number of aromatic nitrogens is 2. The Labute approximate surface area is 208 Å². The first kappa shape index (κ1) is 23.3. The highest BCUT2D eigenvalue weighted by molar-refractivity contribution is 5.86. The molecule has 7 nitrogen and oxygen atoms in total. The summed E-state index contributed by atoms with van der Waals surface area (Å²) in [7, 11) is 0. The Kier molecular flexibility index (Phi) is 6.49. The Morgan fingerprint density at radius 1 is 1.06 bits per heavy atom. The summed E-state index contributed by atoms with van der Waals surface area (Å²) in [6.45, 7) is 4.73. The van der Waals surface area contributed by atoms with Crippen LogP contribution in [-0.4, -0.2) is 27.7 Å². The summed E-state index contributed by atoms with van der Waals surface area (Å²) in [5, 5.41) is 7.18. The molecule has 1 unspecified atom stereocenters. The topological polar surface area (TPSA) is 80.5 Å². The molecule has 0 bridgehead atoms. The van der Waals surface area contributed by atoms with E-state index < -0.39 is 6.04 Å². The number of carbonyl (C=O) groups is 1. The number of amides is 2. The maximum Gasteiger partial charge on any atom is 0.322 e. The predicted octanol–water partition coefficient (Wildman–Crippen LogP) is 5.97. The lowest BCUT2D eigenvalue weighted by molar-refractivity contribution is 0.203. The molecule has 1 N–H and O–H groups in total. The number of ether oxygens (including phenoxy) is 1. The number of halogens is 1. The van der Waals surface area contributed by atoms with Crippen LogP contribution in [0.25, 0.3) is 17.0 Å². The summed E-state index contributed by atoms with van der Waals surface area (Å²) in [5.74, 6) is 0.920. The van der Waals surface area contributed by atoms with E-state index >= 15 is 0 Å². The largest absolute Gasteiger partial charge is 0.494 e. The van der Waals surface area contributed by atoms with Crippen LogP contribution in [0.3, 0.4) is 0 Å². The smallest absolute Gasteiger partial charge is 0.322 e. The van der Waals surface area contributed by atoms with E-state index in [4.69, 9.17) is 9.26 Å². The van der Waals surface area contributed by atoms with E-state index in [-0.39, 0.29) is 23.6 Å². The molecular weight excluding hydrogens is 459 g/mol.